The fourth-order valence-corrected chi connectivity index (χ4v) is 2.24. The Morgan fingerprint density at radius 1 is 1.20 bits per heavy atom. The Morgan fingerprint density at radius 2 is 2.00 bits per heavy atom. The molecule has 4 heteroatoms. The van der Waals surface area contributed by atoms with E-state index >= 15 is 0 Å². The van der Waals surface area contributed by atoms with Crippen LogP contribution < -0.4 is 11.5 Å². The Bertz CT molecular complexity index is 505. The van der Waals surface area contributed by atoms with Gasteiger partial charge in [0.15, 0.2) is 6.29 Å². The second-order valence-corrected chi connectivity index (χ2v) is 4.12. The van der Waals surface area contributed by atoms with Crippen molar-refractivity contribution in [2.45, 2.75) is 0 Å². The van der Waals surface area contributed by atoms with E-state index in [1.807, 2.05) is 12.1 Å². The minimum absolute atomic E-state index is 0.664. The van der Waals surface area contributed by atoms with Crippen LogP contribution >= 0.6 is 11.3 Å². The zero-order chi connectivity index (χ0) is 10.8. The van der Waals surface area contributed by atoms with E-state index in [2.05, 4.69) is 0 Å². The molecule has 0 atom stereocenters. The molecule has 0 aliphatic heterocycles. The monoisotopic (exact) mass is 218 g/mol. The maximum Gasteiger partial charge on any atom is 0.150 e. The van der Waals surface area contributed by atoms with Crippen LogP contribution in [0.25, 0.3) is 10.4 Å². The highest BCUT2D eigenvalue weighted by Crippen LogP contribution is 2.32. The molecule has 2 aromatic rings. The first-order valence-electron chi connectivity index (χ1n) is 4.40. The van der Waals surface area contributed by atoms with Gasteiger partial charge in [-0.1, -0.05) is 0 Å². The maximum atomic E-state index is 10.6. The quantitative estimate of drug-likeness (QED) is 0.600. The number of carbonyl (C=O) groups excluding carboxylic acids is 1. The minimum Gasteiger partial charge on any atom is -0.399 e. The van der Waals surface area contributed by atoms with Gasteiger partial charge in [0.05, 0.1) is 0 Å². The third-order valence-electron chi connectivity index (χ3n) is 2.10. The minimum atomic E-state index is 0.664. The molecule has 0 saturated carbocycles. The fraction of sp³-hybridized carbons (Fsp3) is 0. The predicted molar refractivity (Wildman–Crippen MR) is 64.0 cm³/mol. The lowest BCUT2D eigenvalue weighted by atomic mass is 10.1. The first kappa shape index (κ1) is 9.73. The van der Waals surface area contributed by atoms with E-state index in [1.54, 1.807) is 17.5 Å². The molecule has 15 heavy (non-hydrogen) atoms. The Hall–Kier alpha value is -1.81. The third-order valence-corrected chi connectivity index (χ3v) is 3.08. The van der Waals surface area contributed by atoms with Crippen molar-refractivity contribution < 1.29 is 4.79 Å². The van der Waals surface area contributed by atoms with Gasteiger partial charge in [0.2, 0.25) is 0 Å². The maximum absolute atomic E-state index is 10.6. The number of anilines is 2. The van der Waals surface area contributed by atoms with E-state index in [9.17, 15) is 4.79 Å². The fourth-order valence-electron chi connectivity index (χ4n) is 1.34. The molecule has 0 amide bonds. The molecular formula is C11H10N2OS. The number of hydrogen-bond acceptors (Lipinski definition) is 4. The number of hydrogen-bond donors (Lipinski definition) is 2. The van der Waals surface area contributed by atoms with Crippen LogP contribution in [0.1, 0.15) is 10.4 Å². The van der Waals surface area contributed by atoms with E-state index in [-0.39, 0.29) is 0 Å². The number of nitrogen functional groups attached to an aromatic ring is 2. The second kappa shape index (κ2) is 3.74. The van der Waals surface area contributed by atoms with Gasteiger partial charge >= 0.3 is 0 Å². The largest absolute Gasteiger partial charge is 0.399 e. The molecule has 0 aliphatic rings. The Morgan fingerprint density at radius 3 is 2.67 bits per heavy atom. The average molecular weight is 218 g/mol. The highest BCUT2D eigenvalue weighted by atomic mass is 32.1. The SMILES string of the molecule is Nc1ccc(N)c(-c2cc(C=O)cs2)c1. The normalized spacial score (nSPS) is 10.1. The van der Waals surface area contributed by atoms with Crippen molar-refractivity contribution in [3.63, 3.8) is 0 Å². The molecule has 1 heterocycles. The molecular weight excluding hydrogens is 208 g/mol. The van der Waals surface area contributed by atoms with Crippen molar-refractivity contribution in [3.8, 4) is 10.4 Å². The summed E-state index contributed by atoms with van der Waals surface area (Å²) < 4.78 is 0. The van der Waals surface area contributed by atoms with Gasteiger partial charge < -0.3 is 11.5 Å². The molecule has 1 aromatic heterocycles. The lowest BCUT2D eigenvalue weighted by molar-refractivity contribution is 0.112. The molecule has 0 radical (unpaired) electrons. The summed E-state index contributed by atoms with van der Waals surface area (Å²) in [5.41, 5.74) is 14.4. The predicted octanol–water partition coefficient (Wildman–Crippen LogP) is 2.39. The zero-order valence-corrected chi connectivity index (χ0v) is 8.75. The lowest BCUT2D eigenvalue weighted by Gasteiger charge is -2.03. The van der Waals surface area contributed by atoms with Gasteiger partial charge in [-0.15, -0.1) is 11.3 Å². The van der Waals surface area contributed by atoms with Crippen molar-refractivity contribution in [2.24, 2.45) is 0 Å². The van der Waals surface area contributed by atoms with E-state index in [0.717, 1.165) is 16.7 Å². The van der Waals surface area contributed by atoms with Crippen LogP contribution in [0.5, 0.6) is 0 Å². The molecule has 76 valence electrons. The first-order valence-corrected chi connectivity index (χ1v) is 5.28. The van der Waals surface area contributed by atoms with Gasteiger partial charge in [-0.25, -0.2) is 0 Å². The van der Waals surface area contributed by atoms with Crippen LogP contribution in [0.3, 0.4) is 0 Å². The van der Waals surface area contributed by atoms with Crippen LogP contribution in [-0.2, 0) is 0 Å². The van der Waals surface area contributed by atoms with E-state index in [1.165, 1.54) is 11.3 Å². The molecule has 0 bridgehead atoms. The van der Waals surface area contributed by atoms with Crippen molar-refractivity contribution in [1.29, 1.82) is 0 Å². The van der Waals surface area contributed by atoms with Crippen LogP contribution in [0.2, 0.25) is 0 Å². The second-order valence-electron chi connectivity index (χ2n) is 3.21. The lowest BCUT2D eigenvalue weighted by Crippen LogP contribution is -1.91. The summed E-state index contributed by atoms with van der Waals surface area (Å²) in [5, 5.41) is 1.80. The first-order chi connectivity index (χ1) is 7.20. The molecule has 0 saturated heterocycles. The highest BCUT2D eigenvalue weighted by Gasteiger charge is 2.06. The molecule has 0 unspecified atom stereocenters. The van der Waals surface area contributed by atoms with E-state index in [0.29, 0.717) is 16.9 Å². The van der Waals surface area contributed by atoms with Gasteiger partial charge in [-0.3, -0.25) is 4.79 Å². The third kappa shape index (κ3) is 1.85. The number of benzene rings is 1. The van der Waals surface area contributed by atoms with Crippen LogP contribution in [-0.4, -0.2) is 6.29 Å². The van der Waals surface area contributed by atoms with Gasteiger partial charge in [-0.2, -0.15) is 0 Å². The average Bonchev–Trinajstić information content (AvgIpc) is 2.70. The van der Waals surface area contributed by atoms with Crippen molar-refractivity contribution >= 4 is 29.0 Å². The van der Waals surface area contributed by atoms with Crippen molar-refractivity contribution in [2.75, 3.05) is 11.5 Å². The molecule has 4 N–H and O–H groups in total. The van der Waals surface area contributed by atoms with Gasteiger partial charge in [0, 0.05) is 32.8 Å². The topological polar surface area (TPSA) is 69.1 Å². The summed E-state index contributed by atoms with van der Waals surface area (Å²) in [4.78, 5) is 11.5. The van der Waals surface area contributed by atoms with E-state index < -0.39 is 0 Å². The highest BCUT2D eigenvalue weighted by molar-refractivity contribution is 7.13. The van der Waals surface area contributed by atoms with Gasteiger partial charge in [0.25, 0.3) is 0 Å². The Kier molecular flexibility index (Phi) is 2.43. The number of carbonyl (C=O) groups is 1. The summed E-state index contributed by atoms with van der Waals surface area (Å²) >= 11 is 1.48. The molecule has 1 aromatic carbocycles. The standard InChI is InChI=1S/C11H10N2OS/c12-8-1-2-10(13)9(4-8)11-3-7(5-14)6-15-11/h1-6H,12-13H2. The van der Waals surface area contributed by atoms with Crippen molar-refractivity contribution in [1.82, 2.24) is 0 Å². The smallest absolute Gasteiger partial charge is 0.150 e. The molecule has 0 fully saturated rings. The van der Waals surface area contributed by atoms with Crippen molar-refractivity contribution in [3.05, 3.63) is 35.2 Å². The Balaban J connectivity index is 2.52. The number of nitrogens with two attached hydrogens (primary N) is 2. The van der Waals surface area contributed by atoms with Crippen LogP contribution in [0.15, 0.2) is 29.6 Å². The molecule has 3 nitrogen and oxygen atoms in total. The molecule has 0 aliphatic carbocycles. The number of aldehydes is 1. The van der Waals surface area contributed by atoms with E-state index in [4.69, 9.17) is 11.5 Å². The van der Waals surface area contributed by atoms with Crippen LogP contribution in [0.4, 0.5) is 11.4 Å². The summed E-state index contributed by atoms with van der Waals surface area (Å²) in [6.07, 6.45) is 0.822. The zero-order valence-electron chi connectivity index (χ0n) is 7.94. The summed E-state index contributed by atoms with van der Waals surface area (Å²) in [6.45, 7) is 0. The number of thiophene rings is 1. The molecule has 0 spiro atoms. The summed E-state index contributed by atoms with van der Waals surface area (Å²) in [5.74, 6) is 0. The summed E-state index contributed by atoms with van der Waals surface area (Å²) in [6, 6.07) is 7.15. The Labute approximate surface area is 91.3 Å². The summed E-state index contributed by atoms with van der Waals surface area (Å²) in [7, 11) is 0. The molecule has 2 rings (SSSR count). The number of rotatable bonds is 2. The van der Waals surface area contributed by atoms with Gasteiger partial charge in [0.1, 0.15) is 0 Å². The van der Waals surface area contributed by atoms with Gasteiger partial charge in [-0.05, 0) is 24.3 Å². The van der Waals surface area contributed by atoms with Crippen LogP contribution in [0, 0.1) is 0 Å².